The number of nitrogens with one attached hydrogen (secondary N) is 1. The zero-order chi connectivity index (χ0) is 27.7. The summed E-state index contributed by atoms with van der Waals surface area (Å²) in [5.74, 6) is -41.5. The largest absolute Gasteiger partial charge is 0.464 e. The third-order valence-electron chi connectivity index (χ3n) is 4.37. The number of rotatable bonds is 10. The van der Waals surface area contributed by atoms with Crippen molar-refractivity contribution in [3.05, 3.63) is 35.9 Å². The van der Waals surface area contributed by atoms with E-state index in [1.54, 1.807) is 0 Å². The SMILES string of the molecule is CCOC(=O)C(CC(F)(F)C(F)(F)C(F)(F)C(F)(F)C(F)(F)C(F)(F)F)NC(=O)c1ccccc1. The van der Waals surface area contributed by atoms with Crippen LogP contribution >= 0.6 is 0 Å². The summed E-state index contributed by atoms with van der Waals surface area (Å²) in [7, 11) is 0. The highest BCUT2D eigenvalue weighted by Gasteiger charge is 2.90. The van der Waals surface area contributed by atoms with Gasteiger partial charge >= 0.3 is 41.8 Å². The van der Waals surface area contributed by atoms with Crippen molar-refractivity contribution < 1.29 is 71.4 Å². The van der Waals surface area contributed by atoms with Crippen LogP contribution in [-0.2, 0) is 9.53 Å². The van der Waals surface area contributed by atoms with Crippen LogP contribution < -0.4 is 5.32 Å². The molecule has 0 bridgehead atoms. The number of amides is 1. The molecule has 0 saturated heterocycles. The maximum absolute atomic E-state index is 14.2. The number of alkyl halides is 13. The smallest absolute Gasteiger partial charge is 0.460 e. The number of carbonyl (C=O) groups excluding carboxylic acids is 2. The zero-order valence-electron chi connectivity index (χ0n) is 17.0. The van der Waals surface area contributed by atoms with Crippen molar-refractivity contribution in [2.75, 3.05) is 6.61 Å². The average Bonchev–Trinajstić information content (AvgIpc) is 2.72. The fraction of sp³-hybridized carbons (Fsp3) is 0.556. The number of esters is 1. The van der Waals surface area contributed by atoms with Crippen molar-refractivity contribution in [2.24, 2.45) is 0 Å². The Hall–Kier alpha value is -2.75. The molecule has 1 aromatic rings. The van der Waals surface area contributed by atoms with Gasteiger partial charge in [0.05, 0.1) is 6.61 Å². The molecule has 0 heterocycles. The van der Waals surface area contributed by atoms with E-state index in [0.717, 1.165) is 19.1 Å². The topological polar surface area (TPSA) is 55.4 Å². The lowest BCUT2D eigenvalue weighted by Crippen LogP contribution is -2.70. The first-order valence-electron chi connectivity index (χ1n) is 9.06. The Morgan fingerprint density at radius 1 is 0.771 bits per heavy atom. The second-order valence-corrected chi connectivity index (χ2v) is 6.85. The van der Waals surface area contributed by atoms with E-state index in [9.17, 15) is 66.7 Å². The Bertz CT molecular complexity index is 901. The van der Waals surface area contributed by atoms with Gasteiger partial charge in [-0.3, -0.25) is 4.79 Å². The van der Waals surface area contributed by atoms with E-state index in [2.05, 4.69) is 4.74 Å². The fourth-order valence-corrected chi connectivity index (χ4v) is 2.45. The molecule has 1 N–H and O–H groups in total. The summed E-state index contributed by atoms with van der Waals surface area (Å²) in [5.41, 5.74) is -0.390. The number of hydrogen-bond acceptors (Lipinski definition) is 3. The Balaban J connectivity index is 3.41. The average molecular weight is 539 g/mol. The maximum Gasteiger partial charge on any atom is 0.460 e. The normalized spacial score (nSPS) is 14.9. The van der Waals surface area contributed by atoms with Crippen LogP contribution in [0.15, 0.2) is 30.3 Å². The molecule has 1 aromatic carbocycles. The molecular formula is C18H14F13NO3. The Morgan fingerprint density at radius 2 is 1.23 bits per heavy atom. The van der Waals surface area contributed by atoms with Gasteiger partial charge in [-0.15, -0.1) is 0 Å². The first-order valence-corrected chi connectivity index (χ1v) is 9.06. The molecule has 0 saturated carbocycles. The minimum absolute atomic E-state index is 0.390. The first kappa shape index (κ1) is 30.3. The van der Waals surface area contributed by atoms with Crippen LogP contribution in [0.25, 0.3) is 0 Å². The van der Waals surface area contributed by atoms with Crippen LogP contribution in [0.5, 0.6) is 0 Å². The second-order valence-electron chi connectivity index (χ2n) is 6.85. The van der Waals surface area contributed by atoms with E-state index in [1.807, 2.05) is 0 Å². The van der Waals surface area contributed by atoms with Gasteiger partial charge in [0.15, 0.2) is 0 Å². The summed E-state index contributed by atoms with van der Waals surface area (Å²) in [6, 6.07) is 2.85. The van der Waals surface area contributed by atoms with Crippen molar-refractivity contribution in [3.63, 3.8) is 0 Å². The Morgan fingerprint density at radius 3 is 1.66 bits per heavy atom. The van der Waals surface area contributed by atoms with Crippen molar-refractivity contribution in [3.8, 4) is 0 Å². The van der Waals surface area contributed by atoms with Gasteiger partial charge in [0.1, 0.15) is 6.04 Å². The van der Waals surface area contributed by atoms with Crippen molar-refractivity contribution in [1.29, 1.82) is 0 Å². The Kier molecular flexibility index (Phi) is 8.41. The van der Waals surface area contributed by atoms with Crippen molar-refractivity contribution >= 4 is 11.9 Å². The quantitative estimate of drug-likeness (QED) is 0.317. The number of benzene rings is 1. The minimum atomic E-state index is -8.07. The second kappa shape index (κ2) is 9.72. The number of hydrogen-bond donors (Lipinski definition) is 1. The van der Waals surface area contributed by atoms with Gasteiger partial charge in [-0.2, -0.15) is 57.1 Å². The minimum Gasteiger partial charge on any atom is -0.464 e. The maximum atomic E-state index is 14.2. The number of ether oxygens (including phenoxy) is 1. The standard InChI is InChI=1S/C18H14F13NO3/c1-2-35-12(34)10(32-11(33)9-6-4-3-5-7-9)8-13(19,20)14(21,22)15(23,24)16(25,26)17(27,28)18(29,30)31/h3-7,10H,2,8H2,1H3,(H,32,33). The van der Waals surface area contributed by atoms with Gasteiger partial charge in [0.25, 0.3) is 5.91 Å². The molecule has 0 aromatic heterocycles. The van der Waals surface area contributed by atoms with E-state index in [0.29, 0.717) is 0 Å². The van der Waals surface area contributed by atoms with E-state index in [-0.39, 0.29) is 0 Å². The van der Waals surface area contributed by atoms with Crippen LogP contribution in [-0.4, -0.2) is 60.3 Å². The van der Waals surface area contributed by atoms with Crippen LogP contribution in [0.1, 0.15) is 23.7 Å². The predicted molar refractivity (Wildman–Crippen MR) is 89.7 cm³/mol. The first-order chi connectivity index (χ1) is 15.6. The molecule has 17 heteroatoms. The van der Waals surface area contributed by atoms with Gasteiger partial charge in [0.2, 0.25) is 0 Å². The molecular weight excluding hydrogens is 525 g/mol. The van der Waals surface area contributed by atoms with Crippen LogP contribution in [0.3, 0.4) is 0 Å². The van der Waals surface area contributed by atoms with E-state index >= 15 is 0 Å². The van der Waals surface area contributed by atoms with Crippen molar-refractivity contribution in [1.82, 2.24) is 5.32 Å². The lowest BCUT2D eigenvalue weighted by atomic mass is 9.91. The predicted octanol–water partition coefficient (Wildman–Crippen LogP) is 5.48. The zero-order valence-corrected chi connectivity index (χ0v) is 17.0. The van der Waals surface area contributed by atoms with Crippen LogP contribution in [0, 0.1) is 0 Å². The summed E-state index contributed by atoms with van der Waals surface area (Å²) in [5, 5.41) is 1.40. The monoisotopic (exact) mass is 539 g/mol. The van der Waals surface area contributed by atoms with E-state index in [4.69, 9.17) is 0 Å². The number of carbonyl (C=O) groups is 2. The summed E-state index contributed by atoms with van der Waals surface area (Å²) in [6.07, 6.45) is -10.5. The molecule has 1 amide bonds. The van der Waals surface area contributed by atoms with Gasteiger partial charge in [-0.1, -0.05) is 18.2 Å². The molecule has 0 aliphatic rings. The van der Waals surface area contributed by atoms with Gasteiger partial charge < -0.3 is 10.1 Å². The molecule has 1 unspecified atom stereocenters. The fourth-order valence-electron chi connectivity index (χ4n) is 2.45. The van der Waals surface area contributed by atoms with Crippen molar-refractivity contribution in [2.45, 2.75) is 55.2 Å². The van der Waals surface area contributed by atoms with E-state index < -0.39 is 72.3 Å². The molecule has 0 aliphatic carbocycles. The summed E-state index contributed by atoms with van der Waals surface area (Å²) < 4.78 is 177. The molecule has 35 heavy (non-hydrogen) atoms. The molecule has 4 nitrogen and oxygen atoms in total. The molecule has 1 rings (SSSR count). The summed E-state index contributed by atoms with van der Waals surface area (Å²) in [6.45, 7) is 0.402. The third-order valence-corrected chi connectivity index (χ3v) is 4.37. The third kappa shape index (κ3) is 5.42. The summed E-state index contributed by atoms with van der Waals surface area (Å²) >= 11 is 0. The van der Waals surface area contributed by atoms with Gasteiger partial charge in [-0.05, 0) is 19.1 Å². The highest BCUT2D eigenvalue weighted by molar-refractivity contribution is 5.96. The highest BCUT2D eigenvalue weighted by atomic mass is 19.4. The molecule has 0 radical (unpaired) electrons. The summed E-state index contributed by atoms with van der Waals surface area (Å²) in [4.78, 5) is 23.9. The van der Waals surface area contributed by atoms with Crippen LogP contribution in [0.2, 0.25) is 0 Å². The lowest BCUT2D eigenvalue weighted by molar-refractivity contribution is -0.440. The molecule has 0 fully saturated rings. The highest BCUT2D eigenvalue weighted by Crippen LogP contribution is 2.60. The van der Waals surface area contributed by atoms with Crippen LogP contribution in [0.4, 0.5) is 57.1 Å². The van der Waals surface area contributed by atoms with Gasteiger partial charge in [0, 0.05) is 12.0 Å². The lowest BCUT2D eigenvalue weighted by Gasteiger charge is -2.40. The molecule has 0 spiro atoms. The molecule has 200 valence electrons. The van der Waals surface area contributed by atoms with E-state index in [1.165, 1.54) is 23.5 Å². The number of halogens is 13. The Labute approximate surface area is 187 Å². The molecule has 0 aliphatic heterocycles. The van der Waals surface area contributed by atoms with Gasteiger partial charge in [-0.25, -0.2) is 4.79 Å². The molecule has 1 atom stereocenters.